The van der Waals surface area contributed by atoms with Crippen molar-refractivity contribution >= 4 is 46.1 Å². The van der Waals surface area contributed by atoms with E-state index in [2.05, 4.69) is 20.6 Å². The van der Waals surface area contributed by atoms with Crippen molar-refractivity contribution in [2.45, 2.75) is 20.0 Å². The smallest absolute Gasteiger partial charge is 0.411 e. The molecule has 0 saturated heterocycles. The number of amides is 2. The van der Waals surface area contributed by atoms with Crippen LogP contribution in [0.15, 0.2) is 53.3 Å². The maximum atomic E-state index is 12.3. The lowest BCUT2D eigenvalue weighted by molar-refractivity contribution is 0.0996. The summed E-state index contributed by atoms with van der Waals surface area (Å²) in [7, 11) is 1.81. The number of furan rings is 1. The largest absolute Gasteiger partial charge is 0.459 e. The molecule has 2 amide bonds. The number of halogens is 1. The van der Waals surface area contributed by atoms with Crippen LogP contribution >= 0.6 is 11.6 Å². The molecule has 0 fully saturated rings. The molecule has 1 aromatic carbocycles. The predicted molar refractivity (Wildman–Crippen MR) is 121 cm³/mol. The summed E-state index contributed by atoms with van der Waals surface area (Å²) in [5.41, 5.74) is 2.76. The van der Waals surface area contributed by atoms with Gasteiger partial charge in [0.15, 0.2) is 11.4 Å². The van der Waals surface area contributed by atoms with Gasteiger partial charge in [0.05, 0.1) is 29.3 Å². The molecule has 9 nitrogen and oxygen atoms in total. The standard InChI is InChI=1S/C22H20ClN5O4/c1-12(2)32-22(30)26-14-10-17-20(24-11-14)28(3)19(27-17)15-9-13(6-7-16(15)23)25-21(29)18-5-4-8-31-18/h4-12H,1-3H3,(H,25,29)(H,26,30). The third-order valence-corrected chi connectivity index (χ3v) is 4.84. The highest BCUT2D eigenvalue weighted by Crippen LogP contribution is 2.32. The number of aryl methyl sites for hydroxylation is 1. The first-order valence-corrected chi connectivity index (χ1v) is 10.1. The second-order valence-electron chi connectivity index (χ2n) is 7.27. The van der Waals surface area contributed by atoms with Crippen LogP contribution in [0.25, 0.3) is 22.6 Å². The van der Waals surface area contributed by atoms with Crippen molar-refractivity contribution in [3.8, 4) is 11.4 Å². The lowest BCUT2D eigenvalue weighted by Gasteiger charge is -2.09. The molecule has 0 unspecified atom stereocenters. The SMILES string of the molecule is CC(C)OC(=O)Nc1cnc2c(c1)nc(-c1cc(NC(=O)c3ccco3)ccc1Cl)n2C. The summed E-state index contributed by atoms with van der Waals surface area (Å²) in [5.74, 6) is 0.372. The van der Waals surface area contributed by atoms with Gasteiger partial charge in [0.25, 0.3) is 5.91 Å². The van der Waals surface area contributed by atoms with Gasteiger partial charge in [-0.3, -0.25) is 10.1 Å². The Bertz CT molecular complexity index is 1300. The minimum atomic E-state index is -0.569. The number of imidazole rings is 1. The first kappa shape index (κ1) is 21.4. The monoisotopic (exact) mass is 453 g/mol. The number of rotatable bonds is 5. The number of hydrogen-bond donors (Lipinski definition) is 2. The molecule has 3 aromatic heterocycles. The Morgan fingerprint density at radius 1 is 1.16 bits per heavy atom. The molecule has 3 heterocycles. The molecular formula is C22H20ClN5O4. The number of anilines is 2. The van der Waals surface area contributed by atoms with Gasteiger partial charge in [-0.15, -0.1) is 0 Å². The molecule has 0 aliphatic rings. The van der Waals surface area contributed by atoms with Gasteiger partial charge in [-0.05, 0) is 50.2 Å². The van der Waals surface area contributed by atoms with Crippen LogP contribution in [0.1, 0.15) is 24.4 Å². The van der Waals surface area contributed by atoms with Crippen LogP contribution in [-0.4, -0.2) is 32.6 Å². The van der Waals surface area contributed by atoms with E-state index >= 15 is 0 Å². The number of nitrogens with one attached hydrogen (secondary N) is 2. The van der Waals surface area contributed by atoms with Crippen molar-refractivity contribution in [2.75, 3.05) is 10.6 Å². The fourth-order valence-corrected chi connectivity index (χ4v) is 3.32. The Kier molecular flexibility index (Phi) is 5.83. The summed E-state index contributed by atoms with van der Waals surface area (Å²) in [6.07, 6.45) is 2.15. The molecule has 0 spiro atoms. The topological polar surface area (TPSA) is 111 Å². The van der Waals surface area contributed by atoms with E-state index in [0.29, 0.717) is 38.9 Å². The van der Waals surface area contributed by atoms with E-state index in [1.54, 1.807) is 54.8 Å². The molecule has 32 heavy (non-hydrogen) atoms. The van der Waals surface area contributed by atoms with Gasteiger partial charge < -0.3 is 19.0 Å². The number of carbonyl (C=O) groups is 2. The van der Waals surface area contributed by atoms with Gasteiger partial charge in [0, 0.05) is 18.3 Å². The number of hydrogen-bond acceptors (Lipinski definition) is 6. The van der Waals surface area contributed by atoms with E-state index in [9.17, 15) is 9.59 Å². The molecule has 0 aliphatic heterocycles. The summed E-state index contributed by atoms with van der Waals surface area (Å²) < 4.78 is 12.0. The number of nitrogens with zero attached hydrogens (tertiary/aromatic N) is 3. The maximum absolute atomic E-state index is 12.3. The Hall–Kier alpha value is -3.85. The number of pyridine rings is 1. The van der Waals surface area contributed by atoms with E-state index < -0.39 is 6.09 Å². The highest BCUT2D eigenvalue weighted by Gasteiger charge is 2.17. The number of carbonyl (C=O) groups excluding carboxylic acids is 2. The van der Waals surface area contributed by atoms with Gasteiger partial charge in [-0.1, -0.05) is 11.6 Å². The van der Waals surface area contributed by atoms with Crippen molar-refractivity contribution in [2.24, 2.45) is 7.05 Å². The summed E-state index contributed by atoms with van der Waals surface area (Å²) in [6, 6.07) is 10.0. The molecule has 0 bridgehead atoms. The van der Waals surface area contributed by atoms with Crippen molar-refractivity contribution in [3.05, 3.63) is 59.6 Å². The zero-order valence-electron chi connectivity index (χ0n) is 17.5. The van der Waals surface area contributed by atoms with E-state index in [1.165, 1.54) is 12.5 Å². The predicted octanol–water partition coefficient (Wildman–Crippen LogP) is 5.09. The van der Waals surface area contributed by atoms with Gasteiger partial charge in [0.2, 0.25) is 0 Å². The number of benzene rings is 1. The molecular weight excluding hydrogens is 434 g/mol. The van der Waals surface area contributed by atoms with Crippen molar-refractivity contribution in [1.82, 2.24) is 14.5 Å². The van der Waals surface area contributed by atoms with E-state index in [4.69, 9.17) is 20.8 Å². The summed E-state index contributed by atoms with van der Waals surface area (Å²) >= 11 is 6.44. The molecule has 4 aromatic rings. The number of fused-ring (bicyclic) bond motifs is 1. The average Bonchev–Trinajstić information content (AvgIpc) is 3.37. The minimum Gasteiger partial charge on any atom is -0.459 e. The van der Waals surface area contributed by atoms with Crippen molar-refractivity contribution < 1.29 is 18.7 Å². The van der Waals surface area contributed by atoms with Crippen LogP contribution in [0, 0.1) is 0 Å². The van der Waals surface area contributed by atoms with E-state index in [-0.39, 0.29) is 17.8 Å². The highest BCUT2D eigenvalue weighted by molar-refractivity contribution is 6.33. The molecule has 0 saturated carbocycles. The molecule has 0 aliphatic carbocycles. The first-order valence-electron chi connectivity index (χ1n) is 9.76. The second kappa shape index (κ2) is 8.72. The third-order valence-electron chi connectivity index (χ3n) is 4.51. The van der Waals surface area contributed by atoms with Crippen LogP contribution in [-0.2, 0) is 11.8 Å². The van der Waals surface area contributed by atoms with Gasteiger partial charge in [-0.2, -0.15) is 0 Å². The zero-order valence-corrected chi connectivity index (χ0v) is 18.3. The molecule has 0 radical (unpaired) electrons. The molecule has 4 rings (SSSR count). The third kappa shape index (κ3) is 4.42. The van der Waals surface area contributed by atoms with E-state index in [0.717, 1.165) is 0 Å². The van der Waals surface area contributed by atoms with Crippen LogP contribution < -0.4 is 10.6 Å². The average molecular weight is 454 g/mol. The summed E-state index contributed by atoms with van der Waals surface area (Å²) in [6.45, 7) is 3.53. The minimum absolute atomic E-state index is 0.199. The van der Waals surface area contributed by atoms with Crippen LogP contribution in [0.2, 0.25) is 5.02 Å². The fraction of sp³-hybridized carbons (Fsp3) is 0.182. The maximum Gasteiger partial charge on any atom is 0.411 e. The Morgan fingerprint density at radius 3 is 2.69 bits per heavy atom. The fourth-order valence-electron chi connectivity index (χ4n) is 3.12. The summed E-state index contributed by atoms with van der Waals surface area (Å²) in [4.78, 5) is 33.2. The molecule has 2 N–H and O–H groups in total. The lowest BCUT2D eigenvalue weighted by atomic mass is 10.2. The van der Waals surface area contributed by atoms with Crippen LogP contribution in [0.3, 0.4) is 0 Å². The van der Waals surface area contributed by atoms with E-state index in [1.807, 2.05) is 7.05 Å². The van der Waals surface area contributed by atoms with Crippen molar-refractivity contribution in [3.63, 3.8) is 0 Å². The highest BCUT2D eigenvalue weighted by atomic mass is 35.5. The van der Waals surface area contributed by atoms with Crippen molar-refractivity contribution in [1.29, 1.82) is 0 Å². The number of ether oxygens (including phenoxy) is 1. The number of aromatic nitrogens is 3. The lowest BCUT2D eigenvalue weighted by Crippen LogP contribution is -2.18. The van der Waals surface area contributed by atoms with Gasteiger partial charge in [-0.25, -0.2) is 14.8 Å². The molecule has 10 heteroatoms. The quantitative estimate of drug-likeness (QED) is 0.435. The molecule has 164 valence electrons. The van der Waals surface area contributed by atoms with Gasteiger partial charge in [0.1, 0.15) is 11.3 Å². The Labute approximate surface area is 188 Å². The first-order chi connectivity index (χ1) is 15.3. The van der Waals surface area contributed by atoms with Gasteiger partial charge >= 0.3 is 6.09 Å². The van der Waals surface area contributed by atoms with Crippen LogP contribution in [0.5, 0.6) is 0 Å². The van der Waals surface area contributed by atoms with Crippen LogP contribution in [0.4, 0.5) is 16.2 Å². The second-order valence-corrected chi connectivity index (χ2v) is 7.67. The zero-order chi connectivity index (χ0) is 22.8. The normalized spacial score (nSPS) is 11.0. The molecule has 0 atom stereocenters. The Balaban J connectivity index is 1.64. The summed E-state index contributed by atoms with van der Waals surface area (Å²) in [5, 5.41) is 5.87. The Morgan fingerprint density at radius 2 is 1.97 bits per heavy atom.